The average molecular weight is 369 g/mol. The molecule has 0 radical (unpaired) electrons. The smallest absolute Gasteiger partial charge is 0.317 e. The molecule has 1 saturated heterocycles. The number of aromatic nitrogens is 3. The van der Waals surface area contributed by atoms with Crippen LogP contribution in [0.25, 0.3) is 11.5 Å². The third-order valence-electron chi connectivity index (χ3n) is 4.91. The maximum absolute atomic E-state index is 12.7. The van der Waals surface area contributed by atoms with Crippen molar-refractivity contribution in [3.8, 4) is 11.5 Å². The predicted octanol–water partition coefficient (Wildman–Crippen LogP) is 3.29. The van der Waals surface area contributed by atoms with E-state index in [1.807, 2.05) is 23.5 Å². The van der Waals surface area contributed by atoms with Crippen LogP contribution in [0.1, 0.15) is 31.4 Å². The summed E-state index contributed by atoms with van der Waals surface area (Å²) in [6.07, 6.45) is 11.3. The monoisotopic (exact) mass is 369 g/mol. The van der Waals surface area contributed by atoms with Gasteiger partial charge in [-0.2, -0.15) is 0 Å². The minimum atomic E-state index is -0.0483. The summed E-state index contributed by atoms with van der Waals surface area (Å²) in [6, 6.07) is 5.58. The van der Waals surface area contributed by atoms with E-state index >= 15 is 0 Å². The molecule has 0 saturated carbocycles. The fourth-order valence-electron chi connectivity index (χ4n) is 3.48. The van der Waals surface area contributed by atoms with Crippen molar-refractivity contribution in [3.05, 3.63) is 48.9 Å². The lowest BCUT2D eigenvalue weighted by molar-refractivity contribution is 0.143. The number of nitrogens with one attached hydrogen (secondary N) is 1. The van der Waals surface area contributed by atoms with Gasteiger partial charge in [-0.1, -0.05) is 5.16 Å². The molecule has 8 nitrogen and oxygen atoms in total. The first-order valence-corrected chi connectivity index (χ1v) is 9.29. The van der Waals surface area contributed by atoms with E-state index in [1.54, 1.807) is 24.6 Å². The second-order valence-corrected chi connectivity index (χ2v) is 6.75. The molecule has 0 aromatic carbocycles. The Labute approximate surface area is 157 Å². The second kappa shape index (κ2) is 8.11. The Kier molecular flexibility index (Phi) is 5.22. The van der Waals surface area contributed by atoms with Gasteiger partial charge in [0.05, 0.1) is 19.1 Å². The topological polar surface area (TPSA) is 89.3 Å². The number of furan rings is 1. The highest BCUT2D eigenvalue weighted by Gasteiger charge is 2.26. The van der Waals surface area contributed by atoms with Crippen molar-refractivity contribution in [1.82, 2.24) is 24.9 Å². The summed E-state index contributed by atoms with van der Waals surface area (Å²) in [4.78, 5) is 18.7. The van der Waals surface area contributed by atoms with Crippen LogP contribution in [-0.2, 0) is 13.1 Å². The van der Waals surface area contributed by atoms with Gasteiger partial charge in [0, 0.05) is 37.6 Å². The summed E-state index contributed by atoms with van der Waals surface area (Å²) in [5, 5.41) is 6.97. The van der Waals surface area contributed by atoms with Crippen LogP contribution >= 0.6 is 0 Å². The number of aryl methyl sites for hydroxylation is 1. The summed E-state index contributed by atoms with van der Waals surface area (Å²) < 4.78 is 12.6. The summed E-state index contributed by atoms with van der Waals surface area (Å²) in [5.74, 6) is 1.18. The van der Waals surface area contributed by atoms with E-state index in [0.717, 1.165) is 38.8 Å². The van der Waals surface area contributed by atoms with Gasteiger partial charge in [0.1, 0.15) is 5.69 Å². The molecule has 142 valence electrons. The van der Waals surface area contributed by atoms with E-state index in [-0.39, 0.29) is 12.1 Å². The molecule has 4 rings (SSSR count). The largest absolute Gasteiger partial charge is 0.461 e. The summed E-state index contributed by atoms with van der Waals surface area (Å²) in [6.45, 7) is 1.98. The van der Waals surface area contributed by atoms with Gasteiger partial charge in [0.25, 0.3) is 0 Å². The van der Waals surface area contributed by atoms with Crippen LogP contribution in [0.15, 0.2) is 52.1 Å². The number of hydrogen-bond donors (Lipinski definition) is 1. The highest BCUT2D eigenvalue weighted by Crippen LogP contribution is 2.22. The highest BCUT2D eigenvalue weighted by molar-refractivity contribution is 5.74. The van der Waals surface area contributed by atoms with Gasteiger partial charge in [-0.25, -0.2) is 9.78 Å². The minimum absolute atomic E-state index is 0.0483. The number of rotatable bonds is 6. The molecule has 0 spiro atoms. The molecule has 1 aliphatic heterocycles. The van der Waals surface area contributed by atoms with Gasteiger partial charge in [-0.15, -0.1) is 0 Å². The van der Waals surface area contributed by atoms with Gasteiger partial charge in [-0.3, -0.25) is 0 Å². The van der Waals surface area contributed by atoms with Crippen molar-refractivity contribution in [2.45, 2.75) is 44.8 Å². The average Bonchev–Trinajstić information content (AvgIpc) is 3.47. The summed E-state index contributed by atoms with van der Waals surface area (Å²) >= 11 is 0. The molecular formula is C19H23N5O3. The molecule has 2 amide bonds. The van der Waals surface area contributed by atoms with E-state index in [0.29, 0.717) is 23.8 Å². The van der Waals surface area contributed by atoms with Crippen molar-refractivity contribution in [2.24, 2.45) is 0 Å². The van der Waals surface area contributed by atoms with Gasteiger partial charge in [-0.05, 0) is 37.8 Å². The van der Waals surface area contributed by atoms with Crippen molar-refractivity contribution in [3.63, 3.8) is 0 Å². The van der Waals surface area contributed by atoms with Crippen LogP contribution < -0.4 is 5.32 Å². The number of piperidine rings is 1. The lowest BCUT2D eigenvalue weighted by atomic mass is 10.00. The Hall–Kier alpha value is -3.03. The standard InChI is InChI=1S/C19H23N5O3/c25-19(21-13-15-12-18(27-22-15)17-5-3-11-26-17)24-8-2-1-4-16(24)6-9-23-10-7-20-14-23/h3,5,7,10-12,14,16H,1-2,4,6,8-9,13H2,(H,21,25)/t16-/m1/s1. The normalized spacial score (nSPS) is 17.2. The first-order chi connectivity index (χ1) is 13.3. The molecule has 1 fully saturated rings. The van der Waals surface area contributed by atoms with Gasteiger partial charge in [0.15, 0.2) is 5.76 Å². The Balaban J connectivity index is 1.32. The number of hydrogen-bond acceptors (Lipinski definition) is 5. The quantitative estimate of drug-likeness (QED) is 0.720. The van der Waals surface area contributed by atoms with E-state index in [1.165, 1.54) is 0 Å². The van der Waals surface area contributed by atoms with Gasteiger partial charge >= 0.3 is 6.03 Å². The second-order valence-electron chi connectivity index (χ2n) is 6.75. The fourth-order valence-corrected chi connectivity index (χ4v) is 3.48. The highest BCUT2D eigenvalue weighted by atomic mass is 16.5. The number of carbonyl (C=O) groups is 1. The van der Waals surface area contributed by atoms with Crippen molar-refractivity contribution in [1.29, 1.82) is 0 Å². The Morgan fingerprint density at radius 1 is 1.33 bits per heavy atom. The minimum Gasteiger partial charge on any atom is -0.461 e. The number of carbonyl (C=O) groups excluding carboxylic acids is 1. The maximum Gasteiger partial charge on any atom is 0.317 e. The molecule has 1 N–H and O–H groups in total. The summed E-state index contributed by atoms with van der Waals surface area (Å²) in [7, 11) is 0. The van der Waals surface area contributed by atoms with Crippen LogP contribution in [0.2, 0.25) is 0 Å². The van der Waals surface area contributed by atoms with E-state index < -0.39 is 0 Å². The summed E-state index contributed by atoms with van der Waals surface area (Å²) in [5.41, 5.74) is 0.668. The predicted molar refractivity (Wildman–Crippen MR) is 97.6 cm³/mol. The van der Waals surface area contributed by atoms with Crippen LogP contribution in [0.4, 0.5) is 4.79 Å². The molecular weight excluding hydrogens is 346 g/mol. The van der Waals surface area contributed by atoms with E-state index in [9.17, 15) is 4.79 Å². The third kappa shape index (κ3) is 4.21. The lowest BCUT2D eigenvalue weighted by Gasteiger charge is -2.35. The fraction of sp³-hybridized carbons (Fsp3) is 0.421. The van der Waals surface area contributed by atoms with Crippen LogP contribution in [0.3, 0.4) is 0 Å². The molecule has 1 aliphatic rings. The lowest BCUT2D eigenvalue weighted by Crippen LogP contribution is -2.48. The van der Waals surface area contributed by atoms with E-state index in [4.69, 9.17) is 8.94 Å². The van der Waals surface area contributed by atoms with Gasteiger partial charge < -0.3 is 23.7 Å². The number of nitrogens with zero attached hydrogens (tertiary/aromatic N) is 4. The van der Waals surface area contributed by atoms with Crippen molar-refractivity contribution in [2.75, 3.05) is 6.54 Å². The zero-order chi connectivity index (χ0) is 18.5. The number of amides is 2. The Bertz CT molecular complexity index is 841. The molecule has 0 aliphatic carbocycles. The van der Waals surface area contributed by atoms with Crippen LogP contribution in [0, 0.1) is 0 Å². The van der Waals surface area contributed by atoms with Crippen LogP contribution in [0.5, 0.6) is 0 Å². The van der Waals surface area contributed by atoms with Gasteiger partial charge in [0.2, 0.25) is 5.76 Å². The number of urea groups is 1. The molecule has 27 heavy (non-hydrogen) atoms. The zero-order valence-corrected chi connectivity index (χ0v) is 15.1. The van der Waals surface area contributed by atoms with E-state index in [2.05, 4.69) is 20.0 Å². The third-order valence-corrected chi connectivity index (χ3v) is 4.91. The molecule has 0 unspecified atom stereocenters. The van der Waals surface area contributed by atoms with Crippen molar-refractivity contribution >= 4 is 6.03 Å². The maximum atomic E-state index is 12.7. The zero-order valence-electron chi connectivity index (χ0n) is 15.1. The first-order valence-electron chi connectivity index (χ1n) is 9.29. The van der Waals surface area contributed by atoms with Crippen LogP contribution in [-0.4, -0.2) is 38.2 Å². The molecule has 3 aromatic heterocycles. The Morgan fingerprint density at radius 2 is 2.30 bits per heavy atom. The number of imidazole rings is 1. The molecule has 3 aromatic rings. The molecule has 8 heteroatoms. The Morgan fingerprint density at radius 3 is 3.11 bits per heavy atom. The molecule has 4 heterocycles. The molecule has 1 atom stereocenters. The SMILES string of the molecule is O=C(NCc1cc(-c2ccco2)on1)N1CCCC[C@@H]1CCn1ccnc1. The first kappa shape index (κ1) is 17.4. The van der Waals surface area contributed by atoms with Crippen molar-refractivity contribution < 1.29 is 13.7 Å². The molecule has 0 bridgehead atoms. The number of likely N-dealkylation sites (tertiary alicyclic amines) is 1.